The molecule has 0 bridgehead atoms. The molecule has 5 heteroatoms. The zero-order valence-electron chi connectivity index (χ0n) is 12.8. The van der Waals surface area contributed by atoms with E-state index in [1.165, 1.54) is 30.8 Å². The van der Waals surface area contributed by atoms with Crippen LogP contribution in [0.25, 0.3) is 0 Å². The zero-order chi connectivity index (χ0) is 14.6. The Balaban J connectivity index is 1.98. The van der Waals surface area contributed by atoms with Gasteiger partial charge in [0.05, 0.1) is 10.6 Å². The summed E-state index contributed by atoms with van der Waals surface area (Å²) in [5.41, 5.74) is 5.84. The van der Waals surface area contributed by atoms with Crippen LogP contribution in [-0.2, 0) is 4.74 Å². The minimum atomic E-state index is 0.157. The Morgan fingerprint density at radius 1 is 1.45 bits per heavy atom. The van der Waals surface area contributed by atoms with Crippen molar-refractivity contribution in [3.8, 4) is 0 Å². The molecule has 2 aliphatic rings. The van der Waals surface area contributed by atoms with E-state index in [0.29, 0.717) is 17.1 Å². The summed E-state index contributed by atoms with van der Waals surface area (Å²) < 4.78 is 6.20. The molecule has 1 spiro atoms. The fraction of sp³-hybridized carbons (Fsp3) is 0.933. The Morgan fingerprint density at radius 2 is 2.15 bits per heavy atom. The molecular formula is C15H28N2OS2. The van der Waals surface area contributed by atoms with E-state index < -0.39 is 0 Å². The zero-order valence-corrected chi connectivity index (χ0v) is 14.4. The fourth-order valence-corrected chi connectivity index (χ4v) is 4.81. The van der Waals surface area contributed by atoms with Crippen molar-refractivity contribution >= 4 is 29.0 Å². The molecule has 0 aromatic carbocycles. The van der Waals surface area contributed by atoms with Gasteiger partial charge in [0.15, 0.2) is 0 Å². The maximum absolute atomic E-state index is 6.20. The van der Waals surface area contributed by atoms with E-state index in [0.717, 1.165) is 26.0 Å². The first kappa shape index (κ1) is 16.5. The van der Waals surface area contributed by atoms with E-state index in [1.54, 1.807) is 0 Å². The lowest BCUT2D eigenvalue weighted by atomic mass is 9.84. The summed E-state index contributed by atoms with van der Waals surface area (Å²) in [4.78, 5) is 3.22. The van der Waals surface area contributed by atoms with Gasteiger partial charge < -0.3 is 10.5 Å². The summed E-state index contributed by atoms with van der Waals surface area (Å²) in [7, 11) is 0. The van der Waals surface area contributed by atoms with Crippen LogP contribution < -0.4 is 5.73 Å². The van der Waals surface area contributed by atoms with Crippen molar-refractivity contribution in [2.45, 2.75) is 63.6 Å². The first-order chi connectivity index (χ1) is 9.52. The van der Waals surface area contributed by atoms with E-state index in [4.69, 9.17) is 22.7 Å². The second kappa shape index (κ2) is 7.43. The van der Waals surface area contributed by atoms with Crippen LogP contribution in [0.2, 0.25) is 0 Å². The van der Waals surface area contributed by atoms with Gasteiger partial charge in [-0.3, -0.25) is 4.90 Å². The number of ether oxygens (including phenoxy) is 1. The van der Waals surface area contributed by atoms with Crippen LogP contribution in [0.3, 0.4) is 0 Å². The topological polar surface area (TPSA) is 38.5 Å². The van der Waals surface area contributed by atoms with Crippen molar-refractivity contribution in [2.75, 3.05) is 24.7 Å². The lowest BCUT2D eigenvalue weighted by Crippen LogP contribution is -2.52. The summed E-state index contributed by atoms with van der Waals surface area (Å²) in [5, 5.41) is 0. The molecule has 0 radical (unpaired) electrons. The van der Waals surface area contributed by atoms with Gasteiger partial charge in [0.2, 0.25) is 0 Å². The average molecular weight is 317 g/mol. The standard InChI is InChI=1S/C15H28N2OS2/c1-12(2)17(7-3-14(16)19)13-4-8-18-15(11-13)5-9-20-10-6-15/h12-13H,3-11H2,1-2H3,(H2,16,19). The number of nitrogens with zero attached hydrogens (tertiary/aromatic N) is 1. The second-order valence-corrected chi connectivity index (χ2v) is 8.09. The fourth-order valence-electron chi connectivity index (χ4n) is 3.48. The maximum Gasteiger partial charge on any atom is 0.0740 e. The van der Waals surface area contributed by atoms with Gasteiger partial charge in [-0.25, -0.2) is 0 Å². The van der Waals surface area contributed by atoms with E-state index in [-0.39, 0.29) is 5.60 Å². The number of thiocarbonyl (C=S) groups is 1. The Labute approximate surface area is 133 Å². The third-order valence-electron chi connectivity index (χ3n) is 4.62. The van der Waals surface area contributed by atoms with E-state index in [9.17, 15) is 0 Å². The van der Waals surface area contributed by atoms with Crippen LogP contribution in [0.1, 0.15) is 46.0 Å². The second-order valence-electron chi connectivity index (χ2n) is 6.34. The summed E-state index contributed by atoms with van der Waals surface area (Å²) in [6.07, 6.45) is 5.59. The van der Waals surface area contributed by atoms with Crippen LogP contribution in [0, 0.1) is 0 Å². The lowest BCUT2D eigenvalue weighted by Gasteiger charge is -2.47. The van der Waals surface area contributed by atoms with Crippen LogP contribution >= 0.6 is 24.0 Å². The monoisotopic (exact) mass is 316 g/mol. The highest BCUT2D eigenvalue weighted by molar-refractivity contribution is 7.99. The Hall–Kier alpha value is 0.160. The molecule has 116 valence electrons. The van der Waals surface area contributed by atoms with Crippen LogP contribution in [0.4, 0.5) is 0 Å². The van der Waals surface area contributed by atoms with Crippen molar-refractivity contribution in [3.63, 3.8) is 0 Å². The Bertz CT molecular complexity index is 324. The van der Waals surface area contributed by atoms with Crippen LogP contribution in [-0.4, -0.2) is 52.2 Å². The first-order valence-corrected chi connectivity index (χ1v) is 9.34. The van der Waals surface area contributed by atoms with Gasteiger partial charge in [0.1, 0.15) is 0 Å². The summed E-state index contributed by atoms with van der Waals surface area (Å²) >= 11 is 7.11. The van der Waals surface area contributed by atoms with Gasteiger partial charge in [-0.1, -0.05) is 12.2 Å². The molecule has 2 saturated heterocycles. The average Bonchev–Trinajstić information content (AvgIpc) is 2.39. The minimum Gasteiger partial charge on any atom is -0.393 e. The van der Waals surface area contributed by atoms with Crippen molar-refractivity contribution in [1.82, 2.24) is 4.90 Å². The molecule has 3 nitrogen and oxygen atoms in total. The van der Waals surface area contributed by atoms with Crippen molar-refractivity contribution in [2.24, 2.45) is 5.73 Å². The minimum absolute atomic E-state index is 0.157. The highest BCUT2D eigenvalue weighted by atomic mass is 32.2. The van der Waals surface area contributed by atoms with Gasteiger partial charge in [0, 0.05) is 31.7 Å². The maximum atomic E-state index is 6.20. The third-order valence-corrected chi connectivity index (χ3v) is 5.81. The van der Waals surface area contributed by atoms with Gasteiger partial charge in [-0.2, -0.15) is 11.8 Å². The van der Waals surface area contributed by atoms with Crippen molar-refractivity contribution < 1.29 is 4.74 Å². The molecular weight excluding hydrogens is 288 g/mol. The quantitative estimate of drug-likeness (QED) is 0.790. The molecule has 2 heterocycles. The number of rotatable bonds is 5. The number of hydrogen-bond acceptors (Lipinski definition) is 4. The SMILES string of the molecule is CC(C)N(CCC(N)=S)C1CCOC2(CCSCC2)C1. The van der Waals surface area contributed by atoms with E-state index >= 15 is 0 Å². The van der Waals surface area contributed by atoms with Gasteiger partial charge >= 0.3 is 0 Å². The van der Waals surface area contributed by atoms with Gasteiger partial charge in [-0.05, 0) is 51.0 Å². The molecule has 0 aromatic rings. The lowest BCUT2D eigenvalue weighted by molar-refractivity contribution is -0.113. The molecule has 2 fully saturated rings. The molecule has 2 aliphatic heterocycles. The van der Waals surface area contributed by atoms with Gasteiger partial charge in [0.25, 0.3) is 0 Å². The highest BCUT2D eigenvalue weighted by Crippen LogP contribution is 2.39. The summed E-state index contributed by atoms with van der Waals surface area (Å²) in [6.45, 7) is 6.45. The molecule has 1 unspecified atom stereocenters. The van der Waals surface area contributed by atoms with Crippen molar-refractivity contribution in [1.29, 1.82) is 0 Å². The molecule has 0 amide bonds. The molecule has 20 heavy (non-hydrogen) atoms. The molecule has 0 aromatic heterocycles. The van der Waals surface area contributed by atoms with Gasteiger partial charge in [-0.15, -0.1) is 0 Å². The number of thioether (sulfide) groups is 1. The Morgan fingerprint density at radius 3 is 2.75 bits per heavy atom. The first-order valence-electron chi connectivity index (χ1n) is 7.78. The molecule has 2 N–H and O–H groups in total. The molecule has 0 aliphatic carbocycles. The number of hydrogen-bond donors (Lipinski definition) is 1. The van der Waals surface area contributed by atoms with Crippen LogP contribution in [0.5, 0.6) is 0 Å². The normalized spacial score (nSPS) is 26.3. The third kappa shape index (κ3) is 4.33. The van der Waals surface area contributed by atoms with E-state index in [1.807, 2.05) is 0 Å². The predicted octanol–water partition coefficient (Wildman–Crippen LogP) is 2.82. The largest absolute Gasteiger partial charge is 0.393 e. The summed E-state index contributed by atoms with van der Waals surface area (Å²) in [6, 6.07) is 1.17. The smallest absolute Gasteiger partial charge is 0.0740 e. The predicted molar refractivity (Wildman–Crippen MR) is 91.5 cm³/mol. The molecule has 1 atom stereocenters. The van der Waals surface area contributed by atoms with E-state index in [2.05, 4.69) is 30.5 Å². The Kier molecular flexibility index (Phi) is 6.14. The highest BCUT2D eigenvalue weighted by Gasteiger charge is 2.40. The van der Waals surface area contributed by atoms with Crippen LogP contribution in [0.15, 0.2) is 0 Å². The summed E-state index contributed by atoms with van der Waals surface area (Å²) in [5.74, 6) is 2.50. The number of nitrogens with two attached hydrogens (primary N) is 1. The molecule has 2 rings (SSSR count). The van der Waals surface area contributed by atoms with Crippen molar-refractivity contribution in [3.05, 3.63) is 0 Å². The molecule has 0 saturated carbocycles.